The number of hydrogen-bond donors (Lipinski definition) is 1. The fourth-order valence-corrected chi connectivity index (χ4v) is 3.41. The smallest absolute Gasteiger partial charge is 0.336 e. The second kappa shape index (κ2) is 10.2. The molecule has 0 fully saturated rings. The Morgan fingerprint density at radius 3 is 2.50 bits per heavy atom. The molecule has 0 aliphatic carbocycles. The molecule has 1 amide bonds. The number of nitrogens with one attached hydrogen (secondary N) is 1. The van der Waals surface area contributed by atoms with E-state index in [0.29, 0.717) is 45.3 Å². The third kappa shape index (κ3) is 5.55. The van der Waals surface area contributed by atoms with Gasteiger partial charge < -0.3 is 10.1 Å². The molecule has 4 rings (SSSR count). The van der Waals surface area contributed by atoms with E-state index in [-0.39, 0.29) is 11.6 Å². The Morgan fingerprint density at radius 1 is 1.06 bits per heavy atom. The van der Waals surface area contributed by atoms with Gasteiger partial charge >= 0.3 is 6.01 Å². The normalized spacial score (nSPS) is 11.0. The van der Waals surface area contributed by atoms with E-state index in [1.165, 1.54) is 18.2 Å². The first-order valence-corrected chi connectivity index (χ1v) is 11.3. The van der Waals surface area contributed by atoms with Crippen molar-refractivity contribution in [2.45, 2.75) is 13.8 Å². The molecule has 174 valence electrons. The van der Waals surface area contributed by atoms with Gasteiger partial charge in [-0.3, -0.25) is 4.79 Å². The molecule has 0 aliphatic heterocycles. The second-order valence-corrected chi connectivity index (χ2v) is 8.79. The summed E-state index contributed by atoms with van der Waals surface area (Å²) in [5.41, 5.74) is 2.18. The molecule has 0 spiro atoms. The molecule has 9 heteroatoms. The Bertz CT molecular complexity index is 1320. The summed E-state index contributed by atoms with van der Waals surface area (Å²) in [7, 11) is 0. The van der Waals surface area contributed by atoms with Crippen molar-refractivity contribution in [1.82, 2.24) is 14.8 Å². The molecule has 0 unspecified atom stereocenters. The molecule has 1 N–H and O–H groups in total. The molecule has 0 aliphatic rings. The Morgan fingerprint density at radius 2 is 1.82 bits per heavy atom. The first-order valence-electron chi connectivity index (χ1n) is 10.5. The molecular weight excluding hydrogens is 478 g/mol. The Balaban J connectivity index is 1.63. The standard InChI is InChI=1S/C25H21Cl2FN4O2/c1-15(2)14-34-25-30-23(16-6-11-21(26)22(27)13-16)32(31-25)20-9-7-19(8-10-20)29-24(33)17-4-3-5-18(28)12-17/h3-13,15H,14H2,1-2H3,(H,29,33). The van der Waals surface area contributed by atoms with Crippen molar-refractivity contribution < 1.29 is 13.9 Å². The maximum atomic E-state index is 13.4. The number of carbonyl (C=O) groups is 1. The molecule has 0 radical (unpaired) electrons. The van der Waals surface area contributed by atoms with Gasteiger partial charge in [0.1, 0.15) is 5.82 Å². The summed E-state index contributed by atoms with van der Waals surface area (Å²) >= 11 is 12.3. The molecule has 34 heavy (non-hydrogen) atoms. The summed E-state index contributed by atoms with van der Waals surface area (Å²) in [6.45, 7) is 4.54. The molecule has 0 saturated heterocycles. The van der Waals surface area contributed by atoms with Gasteiger partial charge in [-0.2, -0.15) is 4.98 Å². The minimum Gasteiger partial charge on any atom is -0.462 e. The molecule has 0 bridgehead atoms. The second-order valence-electron chi connectivity index (χ2n) is 7.97. The fraction of sp³-hybridized carbons (Fsp3) is 0.160. The Labute approximate surface area is 206 Å². The van der Waals surface area contributed by atoms with Crippen molar-refractivity contribution in [1.29, 1.82) is 0 Å². The van der Waals surface area contributed by atoms with Gasteiger partial charge in [0.15, 0.2) is 5.82 Å². The molecule has 0 saturated carbocycles. The SMILES string of the molecule is CC(C)COc1nc(-c2ccc(Cl)c(Cl)c2)n(-c2ccc(NC(=O)c3cccc(F)c3)cc2)n1. The highest BCUT2D eigenvalue weighted by molar-refractivity contribution is 6.42. The zero-order valence-corrected chi connectivity index (χ0v) is 19.9. The van der Waals surface area contributed by atoms with E-state index in [0.717, 1.165) is 0 Å². The lowest BCUT2D eigenvalue weighted by Gasteiger charge is -2.09. The van der Waals surface area contributed by atoms with Crippen molar-refractivity contribution in [2.24, 2.45) is 5.92 Å². The van der Waals surface area contributed by atoms with Crippen molar-refractivity contribution in [2.75, 3.05) is 11.9 Å². The lowest BCUT2D eigenvalue weighted by Crippen LogP contribution is -2.12. The molecule has 1 heterocycles. The highest BCUT2D eigenvalue weighted by Gasteiger charge is 2.17. The summed E-state index contributed by atoms with van der Waals surface area (Å²) < 4.78 is 20.8. The van der Waals surface area contributed by atoms with Crippen molar-refractivity contribution >= 4 is 34.8 Å². The summed E-state index contributed by atoms with van der Waals surface area (Å²) in [4.78, 5) is 16.9. The van der Waals surface area contributed by atoms with Gasteiger partial charge in [-0.05, 0) is 66.6 Å². The van der Waals surface area contributed by atoms with Crippen LogP contribution in [-0.4, -0.2) is 27.3 Å². The van der Waals surface area contributed by atoms with E-state index in [1.807, 2.05) is 13.8 Å². The maximum Gasteiger partial charge on any atom is 0.336 e. The van der Waals surface area contributed by atoms with Crippen LogP contribution < -0.4 is 10.1 Å². The molecule has 4 aromatic rings. The summed E-state index contributed by atoms with van der Waals surface area (Å²) in [5.74, 6) is -0.0522. The number of benzene rings is 3. The first-order chi connectivity index (χ1) is 16.3. The average molecular weight is 499 g/mol. The van der Waals surface area contributed by atoms with E-state index >= 15 is 0 Å². The van der Waals surface area contributed by atoms with Crippen LogP contribution in [0.3, 0.4) is 0 Å². The van der Waals surface area contributed by atoms with Crippen LogP contribution in [0.1, 0.15) is 24.2 Å². The van der Waals surface area contributed by atoms with E-state index < -0.39 is 11.7 Å². The van der Waals surface area contributed by atoms with Crippen LogP contribution >= 0.6 is 23.2 Å². The maximum absolute atomic E-state index is 13.4. The molecule has 1 aromatic heterocycles. The van der Waals surface area contributed by atoms with Gasteiger partial charge in [-0.1, -0.05) is 43.1 Å². The summed E-state index contributed by atoms with van der Waals surface area (Å²) in [6, 6.07) is 18.0. The third-order valence-corrected chi connectivity index (χ3v) is 5.51. The predicted molar refractivity (Wildman–Crippen MR) is 132 cm³/mol. The molecule has 3 aromatic carbocycles. The van der Waals surface area contributed by atoms with Crippen molar-refractivity contribution in [3.8, 4) is 23.1 Å². The van der Waals surface area contributed by atoms with Crippen LogP contribution in [0.5, 0.6) is 6.01 Å². The van der Waals surface area contributed by atoms with E-state index in [9.17, 15) is 9.18 Å². The fourth-order valence-electron chi connectivity index (χ4n) is 3.12. The highest BCUT2D eigenvalue weighted by atomic mass is 35.5. The summed E-state index contributed by atoms with van der Waals surface area (Å²) in [5, 5.41) is 8.09. The Hall–Kier alpha value is -3.42. The number of hydrogen-bond acceptors (Lipinski definition) is 4. The monoisotopic (exact) mass is 498 g/mol. The number of amides is 1. The molecule has 6 nitrogen and oxygen atoms in total. The molecule has 0 atom stereocenters. The van der Waals surface area contributed by atoms with Crippen LogP contribution in [0, 0.1) is 11.7 Å². The lowest BCUT2D eigenvalue weighted by atomic mass is 10.2. The van der Waals surface area contributed by atoms with Crippen LogP contribution in [0.15, 0.2) is 66.7 Å². The van der Waals surface area contributed by atoms with Crippen LogP contribution in [-0.2, 0) is 0 Å². The van der Waals surface area contributed by atoms with Gasteiger partial charge in [0.2, 0.25) is 0 Å². The van der Waals surface area contributed by atoms with Crippen LogP contribution in [0.25, 0.3) is 17.1 Å². The Kier molecular flexibility index (Phi) is 7.14. The highest BCUT2D eigenvalue weighted by Crippen LogP contribution is 2.30. The minimum absolute atomic E-state index is 0.231. The predicted octanol–water partition coefficient (Wildman–Crippen LogP) is 6.67. The van der Waals surface area contributed by atoms with Crippen LogP contribution in [0.4, 0.5) is 10.1 Å². The van der Waals surface area contributed by atoms with Crippen LogP contribution in [0.2, 0.25) is 10.0 Å². The van der Waals surface area contributed by atoms with Gasteiger partial charge in [0.25, 0.3) is 5.91 Å². The summed E-state index contributed by atoms with van der Waals surface area (Å²) in [6.07, 6.45) is 0. The number of halogens is 3. The van der Waals surface area contributed by atoms with Gasteiger partial charge in [0.05, 0.1) is 22.3 Å². The van der Waals surface area contributed by atoms with Crippen molar-refractivity contribution in [3.05, 3.63) is 88.2 Å². The minimum atomic E-state index is -0.473. The van der Waals surface area contributed by atoms with Crippen molar-refractivity contribution in [3.63, 3.8) is 0 Å². The largest absolute Gasteiger partial charge is 0.462 e. The zero-order chi connectivity index (χ0) is 24.2. The number of aromatic nitrogens is 3. The third-order valence-electron chi connectivity index (χ3n) is 4.77. The van der Waals surface area contributed by atoms with Gasteiger partial charge in [0, 0.05) is 16.8 Å². The zero-order valence-electron chi connectivity index (χ0n) is 18.4. The van der Waals surface area contributed by atoms with Gasteiger partial charge in [-0.25, -0.2) is 9.07 Å². The number of nitrogens with zero attached hydrogens (tertiary/aromatic N) is 3. The van der Waals surface area contributed by atoms with E-state index in [2.05, 4.69) is 15.4 Å². The van der Waals surface area contributed by atoms with E-state index in [1.54, 1.807) is 53.2 Å². The molecular formula is C25H21Cl2FN4O2. The first kappa shape index (κ1) is 23.7. The van der Waals surface area contributed by atoms with E-state index in [4.69, 9.17) is 27.9 Å². The number of ether oxygens (including phenoxy) is 1. The lowest BCUT2D eigenvalue weighted by molar-refractivity contribution is 0.102. The topological polar surface area (TPSA) is 69.0 Å². The van der Waals surface area contributed by atoms with Gasteiger partial charge in [-0.15, -0.1) is 5.10 Å². The average Bonchev–Trinajstić information content (AvgIpc) is 3.24. The number of carbonyl (C=O) groups excluding carboxylic acids is 1. The number of rotatable bonds is 7. The number of anilines is 1. The quantitative estimate of drug-likeness (QED) is 0.309.